The molecule has 0 aliphatic rings. The number of hydrogen-bond acceptors (Lipinski definition) is 6. The number of anilines is 1. The fraction of sp³-hybridized carbons (Fsp3) is 0.214. The Kier molecular flexibility index (Phi) is 5.23. The van der Waals surface area contributed by atoms with Crippen LogP contribution in [0.2, 0.25) is 0 Å². The van der Waals surface area contributed by atoms with Gasteiger partial charge in [-0.2, -0.15) is 8.78 Å². The van der Waals surface area contributed by atoms with E-state index in [1.807, 2.05) is 0 Å². The van der Waals surface area contributed by atoms with Crippen molar-refractivity contribution in [3.8, 4) is 5.75 Å². The van der Waals surface area contributed by atoms with E-state index < -0.39 is 25.1 Å². The van der Waals surface area contributed by atoms with Crippen LogP contribution in [-0.2, 0) is 9.53 Å². The lowest BCUT2D eigenvalue weighted by Gasteiger charge is -2.07. The van der Waals surface area contributed by atoms with Crippen LogP contribution >= 0.6 is 0 Å². The Balaban J connectivity index is 1.87. The van der Waals surface area contributed by atoms with Crippen molar-refractivity contribution in [2.24, 2.45) is 0 Å². The van der Waals surface area contributed by atoms with E-state index in [1.54, 1.807) is 6.92 Å². The molecule has 0 fully saturated rings. The molecular formula is C14H12F2N2O5. The smallest absolute Gasteiger partial charge is 0.387 e. The molecule has 1 aromatic heterocycles. The summed E-state index contributed by atoms with van der Waals surface area (Å²) in [5.74, 6) is -0.955. The zero-order valence-corrected chi connectivity index (χ0v) is 11.9. The lowest BCUT2D eigenvalue weighted by atomic mass is 10.2. The predicted octanol–water partition coefficient (Wildman–Crippen LogP) is 2.38. The highest BCUT2D eigenvalue weighted by molar-refractivity contribution is 5.95. The molecule has 0 aliphatic carbocycles. The number of aromatic nitrogens is 1. The second kappa shape index (κ2) is 7.34. The summed E-state index contributed by atoms with van der Waals surface area (Å²) in [7, 11) is 0. The zero-order chi connectivity index (χ0) is 16.8. The van der Waals surface area contributed by atoms with Crippen molar-refractivity contribution >= 4 is 17.7 Å². The Bertz CT molecular complexity index is 702. The zero-order valence-electron chi connectivity index (χ0n) is 11.9. The van der Waals surface area contributed by atoms with Crippen molar-refractivity contribution in [1.82, 2.24) is 5.16 Å². The number of aryl methyl sites for hydroxylation is 1. The first-order valence-corrected chi connectivity index (χ1v) is 6.39. The van der Waals surface area contributed by atoms with E-state index >= 15 is 0 Å². The molecule has 0 saturated carbocycles. The van der Waals surface area contributed by atoms with E-state index in [0.29, 0.717) is 5.76 Å². The third-order valence-corrected chi connectivity index (χ3v) is 2.52. The quantitative estimate of drug-likeness (QED) is 0.820. The fourth-order valence-electron chi connectivity index (χ4n) is 1.62. The molecule has 2 aromatic rings. The third-order valence-electron chi connectivity index (χ3n) is 2.52. The lowest BCUT2D eigenvalue weighted by molar-refractivity contribution is -0.119. The Morgan fingerprint density at radius 2 is 2.13 bits per heavy atom. The van der Waals surface area contributed by atoms with E-state index in [4.69, 9.17) is 9.26 Å². The van der Waals surface area contributed by atoms with Crippen molar-refractivity contribution < 1.29 is 32.4 Å². The van der Waals surface area contributed by atoms with Crippen molar-refractivity contribution in [2.75, 3.05) is 11.9 Å². The van der Waals surface area contributed by atoms with Crippen LogP contribution in [0.3, 0.4) is 0 Å². The van der Waals surface area contributed by atoms with Gasteiger partial charge >= 0.3 is 12.6 Å². The number of amides is 1. The van der Waals surface area contributed by atoms with Crippen LogP contribution in [0.5, 0.6) is 5.75 Å². The molecule has 1 N–H and O–H groups in total. The van der Waals surface area contributed by atoms with E-state index in [9.17, 15) is 18.4 Å². The number of carbonyl (C=O) groups excluding carboxylic acids is 2. The molecule has 0 atom stereocenters. The number of carbonyl (C=O) groups is 2. The summed E-state index contributed by atoms with van der Waals surface area (Å²) in [5, 5.41) is 5.91. The molecule has 7 nitrogen and oxygen atoms in total. The number of ether oxygens (including phenoxy) is 2. The lowest BCUT2D eigenvalue weighted by Crippen LogP contribution is -2.21. The Morgan fingerprint density at radius 3 is 2.78 bits per heavy atom. The molecule has 1 amide bonds. The molecule has 0 saturated heterocycles. The van der Waals surface area contributed by atoms with Crippen LogP contribution in [0.15, 0.2) is 34.9 Å². The van der Waals surface area contributed by atoms with Gasteiger partial charge in [-0.05, 0) is 25.1 Å². The summed E-state index contributed by atoms with van der Waals surface area (Å²) in [5.41, 5.74) is -0.0202. The summed E-state index contributed by atoms with van der Waals surface area (Å²) >= 11 is 0. The van der Waals surface area contributed by atoms with Gasteiger partial charge in [-0.15, -0.1) is 0 Å². The van der Waals surface area contributed by atoms with Gasteiger partial charge in [0.2, 0.25) is 0 Å². The molecular weight excluding hydrogens is 314 g/mol. The molecule has 9 heteroatoms. The first-order chi connectivity index (χ1) is 10.9. The minimum atomic E-state index is -3.00. The van der Waals surface area contributed by atoms with Gasteiger partial charge < -0.3 is 19.3 Å². The number of halogens is 2. The van der Waals surface area contributed by atoms with E-state index in [0.717, 1.165) is 6.07 Å². The van der Waals surface area contributed by atoms with E-state index in [2.05, 4.69) is 15.2 Å². The number of esters is 1. The molecule has 0 radical (unpaired) electrons. The summed E-state index contributed by atoms with van der Waals surface area (Å²) in [4.78, 5) is 23.3. The van der Waals surface area contributed by atoms with E-state index in [1.165, 1.54) is 24.3 Å². The molecule has 1 heterocycles. The highest BCUT2D eigenvalue weighted by atomic mass is 19.3. The van der Waals surface area contributed by atoms with Gasteiger partial charge in [-0.3, -0.25) is 4.79 Å². The van der Waals surface area contributed by atoms with Crippen LogP contribution in [0.25, 0.3) is 0 Å². The SMILES string of the molecule is Cc1cc(NC(=O)COC(=O)c2cccc(OC(F)F)c2)no1. The summed E-state index contributed by atoms with van der Waals surface area (Å²) in [6.45, 7) is -1.92. The second-order valence-electron chi connectivity index (χ2n) is 4.35. The molecule has 0 unspecified atom stereocenters. The highest BCUT2D eigenvalue weighted by Gasteiger charge is 2.13. The maximum atomic E-state index is 12.1. The van der Waals surface area contributed by atoms with Gasteiger partial charge in [0.15, 0.2) is 12.4 Å². The van der Waals surface area contributed by atoms with Crippen LogP contribution in [0, 0.1) is 6.92 Å². The maximum Gasteiger partial charge on any atom is 0.387 e. The first kappa shape index (κ1) is 16.4. The molecule has 0 bridgehead atoms. The number of nitrogens with zero attached hydrogens (tertiary/aromatic N) is 1. The van der Waals surface area contributed by atoms with Gasteiger partial charge in [0.25, 0.3) is 5.91 Å². The average Bonchev–Trinajstić information content (AvgIpc) is 2.89. The van der Waals surface area contributed by atoms with Gasteiger partial charge in [0, 0.05) is 6.07 Å². The van der Waals surface area contributed by atoms with Crippen LogP contribution in [0.4, 0.5) is 14.6 Å². The van der Waals surface area contributed by atoms with Crippen LogP contribution < -0.4 is 10.1 Å². The predicted molar refractivity (Wildman–Crippen MR) is 73.2 cm³/mol. The second-order valence-corrected chi connectivity index (χ2v) is 4.35. The fourth-order valence-corrected chi connectivity index (χ4v) is 1.62. The topological polar surface area (TPSA) is 90.7 Å². The van der Waals surface area contributed by atoms with Gasteiger partial charge in [-0.1, -0.05) is 11.2 Å². The summed E-state index contributed by atoms with van der Waals surface area (Å²) in [6.07, 6.45) is 0. The Morgan fingerprint density at radius 1 is 1.35 bits per heavy atom. The van der Waals surface area contributed by atoms with Gasteiger partial charge in [-0.25, -0.2) is 4.79 Å². The standard InChI is InChI=1S/C14H12F2N2O5/c1-8-5-11(18-23-8)17-12(19)7-21-13(20)9-3-2-4-10(6-9)22-14(15)16/h2-6,14H,7H2,1H3,(H,17,18,19). The van der Waals surface area contributed by atoms with E-state index in [-0.39, 0.29) is 17.1 Å². The van der Waals surface area contributed by atoms with Crippen molar-refractivity contribution in [3.05, 3.63) is 41.7 Å². The Labute approximate surface area is 129 Å². The summed E-state index contributed by atoms with van der Waals surface area (Å²) in [6, 6.07) is 6.55. The molecule has 0 aliphatic heterocycles. The number of alkyl halides is 2. The molecule has 122 valence electrons. The van der Waals surface area contributed by atoms with Crippen LogP contribution in [0.1, 0.15) is 16.1 Å². The van der Waals surface area contributed by atoms with Gasteiger partial charge in [0.05, 0.1) is 5.56 Å². The minimum Gasteiger partial charge on any atom is -0.452 e. The monoisotopic (exact) mass is 326 g/mol. The van der Waals surface area contributed by atoms with Gasteiger partial charge in [0.1, 0.15) is 11.5 Å². The summed E-state index contributed by atoms with van der Waals surface area (Å²) < 4.78 is 37.9. The van der Waals surface area contributed by atoms with Crippen LogP contribution in [-0.4, -0.2) is 30.3 Å². The Hall–Kier alpha value is -2.97. The highest BCUT2D eigenvalue weighted by Crippen LogP contribution is 2.16. The van der Waals surface area contributed by atoms with Crippen molar-refractivity contribution in [2.45, 2.75) is 13.5 Å². The number of rotatable bonds is 6. The molecule has 0 spiro atoms. The van der Waals surface area contributed by atoms with Crippen molar-refractivity contribution in [1.29, 1.82) is 0 Å². The third kappa shape index (κ3) is 5.06. The number of hydrogen-bond donors (Lipinski definition) is 1. The largest absolute Gasteiger partial charge is 0.452 e. The number of nitrogens with one attached hydrogen (secondary N) is 1. The first-order valence-electron chi connectivity index (χ1n) is 6.39. The normalized spacial score (nSPS) is 10.4. The van der Waals surface area contributed by atoms with Crippen molar-refractivity contribution in [3.63, 3.8) is 0 Å². The average molecular weight is 326 g/mol. The molecule has 23 heavy (non-hydrogen) atoms. The minimum absolute atomic E-state index is 0.0202. The molecule has 1 aromatic carbocycles. The molecule has 2 rings (SSSR count). The maximum absolute atomic E-state index is 12.1. The number of benzene rings is 1.